The van der Waals surface area contributed by atoms with Gasteiger partial charge in [0.15, 0.2) is 5.96 Å². The van der Waals surface area contributed by atoms with Gasteiger partial charge < -0.3 is 20.1 Å². The van der Waals surface area contributed by atoms with Crippen LogP contribution in [0.4, 0.5) is 0 Å². The predicted molar refractivity (Wildman–Crippen MR) is 120 cm³/mol. The summed E-state index contributed by atoms with van der Waals surface area (Å²) in [5.41, 5.74) is 2.18. The molecular formula is C20H29IN4O2. The normalized spacial score (nSPS) is 16.9. The van der Waals surface area contributed by atoms with Crippen molar-refractivity contribution >= 4 is 40.8 Å². The van der Waals surface area contributed by atoms with Crippen molar-refractivity contribution in [3.05, 3.63) is 42.1 Å². The van der Waals surface area contributed by atoms with Gasteiger partial charge in [-0.25, -0.2) is 4.99 Å². The minimum Gasteiger partial charge on any atom is -0.379 e. The SMILES string of the molecule is CCNC(=NCc1ccnc2ccccc12)NCCCOC1CCOC1.I. The summed E-state index contributed by atoms with van der Waals surface area (Å²) in [6.45, 7) is 6.66. The van der Waals surface area contributed by atoms with Gasteiger partial charge in [-0.3, -0.25) is 4.98 Å². The number of ether oxygens (including phenoxy) is 2. The van der Waals surface area contributed by atoms with E-state index >= 15 is 0 Å². The van der Waals surface area contributed by atoms with Crippen LogP contribution in [-0.2, 0) is 16.0 Å². The molecule has 2 heterocycles. The first kappa shape index (κ1) is 21.8. The lowest BCUT2D eigenvalue weighted by Crippen LogP contribution is -2.38. The van der Waals surface area contributed by atoms with Crippen LogP contribution in [0, 0.1) is 0 Å². The molecule has 0 aliphatic carbocycles. The molecule has 3 rings (SSSR count). The second kappa shape index (κ2) is 12.1. The molecule has 0 spiro atoms. The van der Waals surface area contributed by atoms with Crippen LogP contribution < -0.4 is 10.6 Å². The molecule has 7 heteroatoms. The van der Waals surface area contributed by atoms with Gasteiger partial charge in [0.25, 0.3) is 0 Å². The first-order valence-electron chi connectivity index (χ1n) is 9.41. The number of aliphatic imine (C=N–C) groups is 1. The molecule has 1 aliphatic rings. The number of fused-ring (bicyclic) bond motifs is 1. The number of guanidine groups is 1. The van der Waals surface area contributed by atoms with Crippen molar-refractivity contribution in [1.29, 1.82) is 0 Å². The Kier molecular flexibility index (Phi) is 9.79. The summed E-state index contributed by atoms with van der Waals surface area (Å²) in [6, 6.07) is 10.2. The Morgan fingerprint density at radius 1 is 1.30 bits per heavy atom. The van der Waals surface area contributed by atoms with Crippen LogP contribution >= 0.6 is 24.0 Å². The highest BCUT2D eigenvalue weighted by Crippen LogP contribution is 2.16. The summed E-state index contributed by atoms with van der Waals surface area (Å²) in [4.78, 5) is 9.12. The standard InChI is InChI=1S/C20H28N4O2.HI/c1-2-21-20(23-10-5-12-26-17-9-13-25-15-17)24-14-16-8-11-22-19-7-4-3-6-18(16)19;/h3-4,6-8,11,17H,2,5,9-10,12-15H2,1H3,(H2,21,23,24);1H. The first-order valence-corrected chi connectivity index (χ1v) is 9.41. The van der Waals surface area contributed by atoms with E-state index in [4.69, 9.17) is 14.5 Å². The molecule has 1 aromatic heterocycles. The Morgan fingerprint density at radius 2 is 2.19 bits per heavy atom. The van der Waals surface area contributed by atoms with E-state index in [1.807, 2.05) is 30.5 Å². The van der Waals surface area contributed by atoms with Gasteiger partial charge >= 0.3 is 0 Å². The van der Waals surface area contributed by atoms with Crippen LogP contribution in [-0.4, -0.2) is 50.0 Å². The van der Waals surface area contributed by atoms with Gasteiger partial charge in [0.05, 0.1) is 24.8 Å². The van der Waals surface area contributed by atoms with Crippen molar-refractivity contribution in [2.45, 2.75) is 32.4 Å². The average Bonchev–Trinajstić information content (AvgIpc) is 3.19. The summed E-state index contributed by atoms with van der Waals surface area (Å²) < 4.78 is 11.1. The van der Waals surface area contributed by atoms with E-state index < -0.39 is 0 Å². The van der Waals surface area contributed by atoms with Crippen LogP contribution in [0.5, 0.6) is 0 Å². The highest BCUT2D eigenvalue weighted by molar-refractivity contribution is 14.0. The van der Waals surface area contributed by atoms with Crippen molar-refractivity contribution in [3.8, 4) is 0 Å². The monoisotopic (exact) mass is 484 g/mol. The number of nitrogens with one attached hydrogen (secondary N) is 2. The van der Waals surface area contributed by atoms with Crippen molar-refractivity contribution < 1.29 is 9.47 Å². The summed E-state index contributed by atoms with van der Waals surface area (Å²) in [5, 5.41) is 7.83. The third kappa shape index (κ3) is 6.90. The van der Waals surface area contributed by atoms with E-state index in [1.54, 1.807) is 0 Å². The lowest BCUT2D eigenvalue weighted by Gasteiger charge is -2.13. The zero-order valence-electron chi connectivity index (χ0n) is 15.8. The van der Waals surface area contributed by atoms with Gasteiger partial charge in [-0.15, -0.1) is 24.0 Å². The molecule has 0 amide bonds. The minimum atomic E-state index is 0. The van der Waals surface area contributed by atoms with Gasteiger partial charge in [-0.2, -0.15) is 0 Å². The molecule has 0 bridgehead atoms. The summed E-state index contributed by atoms with van der Waals surface area (Å²) >= 11 is 0. The quantitative estimate of drug-likeness (QED) is 0.261. The summed E-state index contributed by atoms with van der Waals surface area (Å²) in [5.74, 6) is 0.831. The highest BCUT2D eigenvalue weighted by atomic mass is 127. The van der Waals surface area contributed by atoms with E-state index in [9.17, 15) is 0 Å². The number of benzene rings is 1. The molecule has 2 aromatic rings. The third-order valence-corrected chi connectivity index (χ3v) is 4.35. The molecule has 1 aromatic carbocycles. The zero-order valence-corrected chi connectivity index (χ0v) is 18.1. The minimum absolute atomic E-state index is 0. The number of hydrogen-bond acceptors (Lipinski definition) is 4. The lowest BCUT2D eigenvalue weighted by atomic mass is 10.1. The predicted octanol–water partition coefficient (Wildman–Crippen LogP) is 3.10. The van der Waals surface area contributed by atoms with Crippen LogP contribution in [0.1, 0.15) is 25.3 Å². The smallest absolute Gasteiger partial charge is 0.191 e. The molecule has 0 radical (unpaired) electrons. The number of rotatable bonds is 8. The van der Waals surface area contributed by atoms with Gasteiger partial charge in [0, 0.05) is 37.9 Å². The fraction of sp³-hybridized carbons (Fsp3) is 0.500. The fourth-order valence-corrected chi connectivity index (χ4v) is 2.97. The number of pyridine rings is 1. The maximum absolute atomic E-state index is 5.79. The topological polar surface area (TPSA) is 67.8 Å². The van der Waals surface area contributed by atoms with Gasteiger partial charge in [-0.05, 0) is 37.5 Å². The zero-order chi connectivity index (χ0) is 18.0. The molecule has 1 aliphatic heterocycles. The Hall–Kier alpha value is -1.45. The van der Waals surface area contributed by atoms with Crippen LogP contribution in [0.2, 0.25) is 0 Å². The van der Waals surface area contributed by atoms with Crippen molar-refractivity contribution in [2.75, 3.05) is 32.9 Å². The molecule has 6 nitrogen and oxygen atoms in total. The summed E-state index contributed by atoms with van der Waals surface area (Å²) in [6.07, 6.45) is 4.07. The van der Waals surface area contributed by atoms with Crippen LogP contribution in [0.25, 0.3) is 10.9 Å². The molecule has 1 saturated heterocycles. The Labute approximate surface area is 178 Å². The van der Waals surface area contributed by atoms with E-state index in [1.165, 1.54) is 5.56 Å². The van der Waals surface area contributed by atoms with E-state index in [0.717, 1.165) is 62.6 Å². The average molecular weight is 484 g/mol. The molecule has 1 atom stereocenters. The Bertz CT molecular complexity index is 715. The Morgan fingerprint density at radius 3 is 3.00 bits per heavy atom. The molecule has 0 saturated carbocycles. The van der Waals surface area contributed by atoms with Crippen molar-refractivity contribution in [2.24, 2.45) is 4.99 Å². The van der Waals surface area contributed by atoms with Gasteiger partial charge in [-0.1, -0.05) is 18.2 Å². The largest absolute Gasteiger partial charge is 0.379 e. The fourth-order valence-electron chi connectivity index (χ4n) is 2.97. The molecular weight excluding hydrogens is 455 g/mol. The van der Waals surface area contributed by atoms with Crippen molar-refractivity contribution in [3.63, 3.8) is 0 Å². The molecule has 148 valence electrons. The molecule has 2 N–H and O–H groups in total. The maximum Gasteiger partial charge on any atom is 0.191 e. The first-order chi connectivity index (χ1) is 12.9. The number of hydrogen-bond donors (Lipinski definition) is 2. The summed E-state index contributed by atoms with van der Waals surface area (Å²) in [7, 11) is 0. The van der Waals surface area contributed by atoms with Crippen molar-refractivity contribution in [1.82, 2.24) is 15.6 Å². The second-order valence-electron chi connectivity index (χ2n) is 6.32. The highest BCUT2D eigenvalue weighted by Gasteiger charge is 2.15. The Balaban J connectivity index is 0.00000261. The molecule has 1 unspecified atom stereocenters. The number of para-hydroxylation sites is 1. The van der Waals surface area contributed by atoms with Crippen LogP contribution in [0.3, 0.4) is 0 Å². The van der Waals surface area contributed by atoms with E-state index in [-0.39, 0.29) is 30.1 Å². The van der Waals surface area contributed by atoms with Crippen LogP contribution in [0.15, 0.2) is 41.5 Å². The number of nitrogens with zero attached hydrogens (tertiary/aromatic N) is 2. The van der Waals surface area contributed by atoms with Gasteiger partial charge in [0.2, 0.25) is 0 Å². The second-order valence-corrected chi connectivity index (χ2v) is 6.32. The number of halogens is 1. The number of aromatic nitrogens is 1. The molecule has 1 fully saturated rings. The third-order valence-electron chi connectivity index (χ3n) is 4.35. The lowest BCUT2D eigenvalue weighted by molar-refractivity contribution is 0.0420. The maximum atomic E-state index is 5.79. The van der Waals surface area contributed by atoms with E-state index in [0.29, 0.717) is 6.54 Å². The van der Waals surface area contributed by atoms with E-state index in [2.05, 4.69) is 28.6 Å². The molecule has 27 heavy (non-hydrogen) atoms. The van der Waals surface area contributed by atoms with Gasteiger partial charge in [0.1, 0.15) is 0 Å².